The third-order valence-electron chi connectivity index (χ3n) is 2.05. The normalized spacial score (nSPS) is 13.7. The minimum Gasteiger partial charge on any atom is -0.489 e. The van der Waals surface area contributed by atoms with E-state index in [-0.39, 0.29) is 10.8 Å². The molecule has 0 atom stereocenters. The minimum atomic E-state index is -1.39. The predicted octanol–water partition coefficient (Wildman–Crippen LogP) is 1.98. The summed E-state index contributed by atoms with van der Waals surface area (Å²) in [6.45, 7) is 0.836. The van der Waals surface area contributed by atoms with Crippen LogP contribution in [0.4, 0.5) is 10.1 Å². The molecule has 4 nitrogen and oxygen atoms in total. The summed E-state index contributed by atoms with van der Waals surface area (Å²) < 4.78 is 18.5. The molecule has 6 heteroatoms. The van der Waals surface area contributed by atoms with Crippen LogP contribution < -0.4 is 10.1 Å². The van der Waals surface area contributed by atoms with Crippen molar-refractivity contribution in [3.8, 4) is 5.75 Å². The van der Waals surface area contributed by atoms with Gasteiger partial charge < -0.3 is 15.2 Å². The molecule has 0 saturated heterocycles. The van der Waals surface area contributed by atoms with Gasteiger partial charge in [0.1, 0.15) is 12.2 Å². The number of fused-ring (bicyclic) bond motifs is 1. The van der Waals surface area contributed by atoms with Crippen LogP contribution in [0.2, 0.25) is 5.02 Å². The molecular weight excluding hydrogens is 225 g/mol. The first-order valence-electron chi connectivity index (χ1n) is 4.23. The second kappa shape index (κ2) is 3.58. The molecule has 0 saturated carbocycles. The molecule has 80 valence electrons. The highest BCUT2D eigenvalue weighted by atomic mass is 35.5. The van der Waals surface area contributed by atoms with Gasteiger partial charge in [0.25, 0.3) is 0 Å². The number of aromatic carboxylic acids is 1. The Morgan fingerprint density at radius 3 is 3.07 bits per heavy atom. The highest BCUT2D eigenvalue weighted by molar-refractivity contribution is 6.31. The maximum absolute atomic E-state index is 13.4. The zero-order valence-corrected chi connectivity index (χ0v) is 8.27. The van der Waals surface area contributed by atoms with Crippen molar-refractivity contribution in [3.05, 3.63) is 22.5 Å². The van der Waals surface area contributed by atoms with Gasteiger partial charge >= 0.3 is 5.97 Å². The van der Waals surface area contributed by atoms with Crippen molar-refractivity contribution in [2.24, 2.45) is 0 Å². The standard InChI is InChI=1S/C9H7ClFNO3/c10-4-3-5-8(15-2-1-12-5)6(7(4)11)9(13)14/h3,12H,1-2H2,(H,13,14). The van der Waals surface area contributed by atoms with Gasteiger partial charge in [0.05, 0.1) is 10.7 Å². The molecule has 0 aromatic heterocycles. The van der Waals surface area contributed by atoms with Gasteiger partial charge in [-0.1, -0.05) is 11.6 Å². The van der Waals surface area contributed by atoms with E-state index in [1.54, 1.807) is 0 Å². The van der Waals surface area contributed by atoms with Crippen molar-refractivity contribution in [1.82, 2.24) is 0 Å². The predicted molar refractivity (Wildman–Crippen MR) is 52.4 cm³/mol. The molecule has 2 rings (SSSR count). The van der Waals surface area contributed by atoms with Crippen molar-refractivity contribution >= 4 is 23.3 Å². The van der Waals surface area contributed by atoms with Gasteiger partial charge in [-0.3, -0.25) is 0 Å². The SMILES string of the molecule is O=C(O)c1c(F)c(Cl)cc2c1OCCN2. The summed E-state index contributed by atoms with van der Waals surface area (Å²) in [5.74, 6) is -2.35. The Morgan fingerprint density at radius 2 is 2.40 bits per heavy atom. The van der Waals surface area contributed by atoms with Crippen molar-refractivity contribution in [2.75, 3.05) is 18.5 Å². The second-order valence-corrected chi connectivity index (χ2v) is 3.41. The number of rotatable bonds is 1. The van der Waals surface area contributed by atoms with Crippen molar-refractivity contribution in [1.29, 1.82) is 0 Å². The molecule has 0 aliphatic carbocycles. The van der Waals surface area contributed by atoms with E-state index in [1.807, 2.05) is 0 Å². The summed E-state index contributed by atoms with van der Waals surface area (Å²) in [4.78, 5) is 10.8. The topological polar surface area (TPSA) is 58.6 Å². The van der Waals surface area contributed by atoms with Crippen LogP contribution in [-0.2, 0) is 0 Å². The number of halogens is 2. The summed E-state index contributed by atoms with van der Waals surface area (Å²) in [6.07, 6.45) is 0. The fourth-order valence-corrected chi connectivity index (χ4v) is 1.62. The Labute approximate surface area is 89.6 Å². The minimum absolute atomic E-state index is 0.00986. The number of hydrogen-bond donors (Lipinski definition) is 2. The lowest BCUT2D eigenvalue weighted by atomic mass is 10.1. The zero-order valence-electron chi connectivity index (χ0n) is 7.51. The van der Waals surface area contributed by atoms with E-state index in [1.165, 1.54) is 6.07 Å². The van der Waals surface area contributed by atoms with Gasteiger partial charge in [-0.2, -0.15) is 0 Å². The summed E-state index contributed by atoms with van der Waals surface area (Å²) in [5, 5.41) is 11.5. The molecule has 0 radical (unpaired) electrons. The summed E-state index contributed by atoms with van der Waals surface area (Å²) >= 11 is 5.56. The van der Waals surface area contributed by atoms with Crippen LogP contribution in [0, 0.1) is 5.82 Å². The summed E-state index contributed by atoms with van der Waals surface area (Å²) in [7, 11) is 0. The number of carboxylic acid groups (broad SMARTS) is 1. The first-order valence-corrected chi connectivity index (χ1v) is 4.61. The maximum atomic E-state index is 13.4. The van der Waals surface area contributed by atoms with Crippen LogP contribution in [0.15, 0.2) is 6.07 Å². The fourth-order valence-electron chi connectivity index (χ4n) is 1.42. The number of hydrogen-bond acceptors (Lipinski definition) is 3. The van der Waals surface area contributed by atoms with Gasteiger partial charge in [-0.15, -0.1) is 0 Å². The number of carboxylic acids is 1. The molecule has 0 spiro atoms. The van der Waals surface area contributed by atoms with E-state index in [9.17, 15) is 9.18 Å². The van der Waals surface area contributed by atoms with Crippen LogP contribution in [0.5, 0.6) is 5.75 Å². The Hall–Kier alpha value is -1.49. The third-order valence-corrected chi connectivity index (χ3v) is 2.32. The maximum Gasteiger partial charge on any atom is 0.342 e. The number of anilines is 1. The quantitative estimate of drug-likeness (QED) is 0.776. The van der Waals surface area contributed by atoms with Crippen LogP contribution in [0.25, 0.3) is 0 Å². The van der Waals surface area contributed by atoms with E-state index in [4.69, 9.17) is 21.4 Å². The van der Waals surface area contributed by atoms with E-state index in [0.29, 0.717) is 18.8 Å². The summed E-state index contributed by atoms with van der Waals surface area (Å²) in [5.41, 5.74) is -0.116. The van der Waals surface area contributed by atoms with Crippen LogP contribution >= 0.6 is 11.6 Å². The van der Waals surface area contributed by atoms with Crippen molar-refractivity contribution in [3.63, 3.8) is 0 Å². The number of nitrogens with one attached hydrogen (secondary N) is 1. The molecule has 2 N–H and O–H groups in total. The first kappa shape index (κ1) is 10.0. The highest BCUT2D eigenvalue weighted by Crippen LogP contribution is 2.37. The zero-order chi connectivity index (χ0) is 11.0. The lowest BCUT2D eigenvalue weighted by Crippen LogP contribution is -2.21. The number of benzene rings is 1. The van der Waals surface area contributed by atoms with E-state index in [2.05, 4.69) is 5.32 Å². The molecule has 1 heterocycles. The fraction of sp³-hybridized carbons (Fsp3) is 0.222. The van der Waals surface area contributed by atoms with Crippen molar-refractivity contribution in [2.45, 2.75) is 0 Å². The van der Waals surface area contributed by atoms with E-state index >= 15 is 0 Å². The van der Waals surface area contributed by atoms with Gasteiger partial charge in [0.15, 0.2) is 11.6 Å². The van der Waals surface area contributed by atoms with Crippen molar-refractivity contribution < 1.29 is 19.0 Å². The number of ether oxygens (including phenoxy) is 1. The average Bonchev–Trinajstić information content (AvgIpc) is 2.19. The van der Waals surface area contributed by atoms with E-state index < -0.39 is 17.3 Å². The second-order valence-electron chi connectivity index (χ2n) is 3.00. The molecule has 0 bridgehead atoms. The lowest BCUT2D eigenvalue weighted by Gasteiger charge is -2.21. The Kier molecular flexibility index (Phi) is 2.40. The third kappa shape index (κ3) is 1.59. The molecule has 1 aliphatic heterocycles. The molecule has 0 fully saturated rings. The average molecular weight is 232 g/mol. The van der Waals surface area contributed by atoms with Crippen LogP contribution in [0.1, 0.15) is 10.4 Å². The highest BCUT2D eigenvalue weighted by Gasteiger charge is 2.25. The Morgan fingerprint density at radius 1 is 1.67 bits per heavy atom. The molecule has 1 aromatic carbocycles. The summed E-state index contributed by atoms with van der Waals surface area (Å²) in [6, 6.07) is 1.32. The van der Waals surface area contributed by atoms with Crippen LogP contribution in [-0.4, -0.2) is 24.2 Å². The molecule has 15 heavy (non-hydrogen) atoms. The largest absolute Gasteiger partial charge is 0.489 e. The van der Waals surface area contributed by atoms with Gasteiger partial charge in [0, 0.05) is 6.54 Å². The molecule has 0 amide bonds. The molecule has 1 aromatic rings. The van der Waals surface area contributed by atoms with Gasteiger partial charge in [0.2, 0.25) is 0 Å². The molecular formula is C9H7ClFNO3. The Bertz CT molecular complexity index is 436. The molecule has 0 unspecified atom stereocenters. The molecule has 1 aliphatic rings. The smallest absolute Gasteiger partial charge is 0.342 e. The van der Waals surface area contributed by atoms with Gasteiger partial charge in [-0.05, 0) is 6.07 Å². The number of carbonyl (C=O) groups is 1. The lowest BCUT2D eigenvalue weighted by molar-refractivity contribution is 0.0687. The Balaban J connectivity index is 2.68. The van der Waals surface area contributed by atoms with E-state index in [0.717, 1.165) is 0 Å². The first-order chi connectivity index (χ1) is 7.11. The van der Waals surface area contributed by atoms with Gasteiger partial charge in [-0.25, -0.2) is 9.18 Å². The monoisotopic (exact) mass is 231 g/mol. The van der Waals surface area contributed by atoms with Crippen LogP contribution in [0.3, 0.4) is 0 Å².